The number of nitrogens with zero attached hydrogens (tertiary/aromatic N) is 4. The van der Waals surface area contributed by atoms with Crippen LogP contribution in [-0.2, 0) is 11.3 Å². The second kappa shape index (κ2) is 9.24. The molecule has 3 aromatic rings. The summed E-state index contributed by atoms with van der Waals surface area (Å²) < 4.78 is 60.2. The van der Waals surface area contributed by atoms with Gasteiger partial charge in [0.2, 0.25) is 0 Å². The van der Waals surface area contributed by atoms with Crippen molar-refractivity contribution in [2.75, 3.05) is 6.61 Å². The minimum absolute atomic E-state index is 0.314. The molecular formula is C20H11F4IN4O. The number of nitriles is 2. The van der Waals surface area contributed by atoms with Crippen LogP contribution in [0.5, 0.6) is 0 Å². The topological polar surface area (TPSA) is 74.6 Å². The van der Waals surface area contributed by atoms with Crippen molar-refractivity contribution in [3.63, 3.8) is 0 Å². The van der Waals surface area contributed by atoms with Gasteiger partial charge in [-0.25, -0.2) is 22.5 Å². The largest absolute Gasteiger partial charge is 0.373 e. The summed E-state index contributed by atoms with van der Waals surface area (Å²) >= 11 is 1.77. The molecule has 1 aliphatic rings. The summed E-state index contributed by atoms with van der Waals surface area (Å²) in [6.45, 7) is 0.742. The lowest BCUT2D eigenvalue weighted by molar-refractivity contribution is 0.0694. The molecule has 2 aromatic carbocycles. The Hall–Kier alpha value is -2.96. The quantitative estimate of drug-likeness (QED) is 0.344. The van der Waals surface area contributed by atoms with Gasteiger partial charge >= 0.3 is 0 Å². The number of halogens is 5. The Morgan fingerprint density at radius 1 is 0.967 bits per heavy atom. The molecule has 0 saturated heterocycles. The van der Waals surface area contributed by atoms with E-state index in [2.05, 4.69) is 4.98 Å². The van der Waals surface area contributed by atoms with Gasteiger partial charge in [0, 0.05) is 3.57 Å². The van der Waals surface area contributed by atoms with Crippen LogP contribution in [0.4, 0.5) is 17.6 Å². The highest BCUT2D eigenvalue weighted by atomic mass is 127. The molecule has 0 fully saturated rings. The molecule has 1 atom stereocenters. The van der Waals surface area contributed by atoms with Gasteiger partial charge in [-0.3, -0.25) is 0 Å². The third-order valence-electron chi connectivity index (χ3n) is 4.29. The lowest BCUT2D eigenvalue weighted by atomic mass is 10.0. The Bertz CT molecular complexity index is 1140. The Morgan fingerprint density at radius 3 is 2.03 bits per heavy atom. The summed E-state index contributed by atoms with van der Waals surface area (Å²) in [4.78, 5) is 4.00. The molecule has 152 valence electrons. The Balaban J connectivity index is 0.000000199. The molecule has 5 nitrogen and oxygen atoms in total. The van der Waals surface area contributed by atoms with Crippen LogP contribution in [0.15, 0.2) is 36.8 Å². The summed E-state index contributed by atoms with van der Waals surface area (Å²) in [6.07, 6.45) is 3.26. The molecule has 1 aliphatic heterocycles. The van der Waals surface area contributed by atoms with E-state index in [9.17, 15) is 17.6 Å². The van der Waals surface area contributed by atoms with Crippen molar-refractivity contribution < 1.29 is 22.3 Å². The molecule has 0 amide bonds. The molecule has 2 heterocycles. The van der Waals surface area contributed by atoms with Gasteiger partial charge in [-0.2, -0.15) is 10.5 Å². The highest BCUT2D eigenvalue weighted by molar-refractivity contribution is 14.1. The second-order valence-corrected chi connectivity index (χ2v) is 7.40. The number of fused-ring (bicyclic) bond motifs is 1. The van der Waals surface area contributed by atoms with Gasteiger partial charge < -0.3 is 9.30 Å². The van der Waals surface area contributed by atoms with Gasteiger partial charge in [0.1, 0.15) is 46.5 Å². The first-order valence-electron chi connectivity index (χ1n) is 8.37. The summed E-state index contributed by atoms with van der Waals surface area (Å²) in [5, 5.41) is 16.9. The first-order chi connectivity index (χ1) is 14.3. The molecule has 1 unspecified atom stereocenters. The fourth-order valence-corrected chi connectivity index (χ4v) is 3.42. The number of ether oxygens (including phenoxy) is 1. The Morgan fingerprint density at radius 2 is 1.50 bits per heavy atom. The standard InChI is InChI=1S/C13H9F2N3O.C7H2F2IN/c14-11-1-8(2-12(15)10(11)3-16)13-6-19-5-9-4-17-7-18(9)13;8-6-1-4(10)2-7(9)5(6)3-11/h1-2,4,7,13H,5-6H2;1-2H. The van der Waals surface area contributed by atoms with Gasteiger partial charge in [0.15, 0.2) is 0 Å². The van der Waals surface area contributed by atoms with Gasteiger partial charge in [-0.05, 0) is 52.4 Å². The number of hydrogen-bond acceptors (Lipinski definition) is 4. The minimum atomic E-state index is -0.857. The summed E-state index contributed by atoms with van der Waals surface area (Å²) in [6, 6.07) is 7.18. The number of benzene rings is 2. The van der Waals surface area contributed by atoms with E-state index < -0.39 is 34.4 Å². The fourth-order valence-electron chi connectivity index (χ4n) is 2.88. The zero-order valence-electron chi connectivity index (χ0n) is 15.0. The van der Waals surface area contributed by atoms with Gasteiger partial charge in [0.05, 0.1) is 37.5 Å². The average Bonchev–Trinajstić information content (AvgIpc) is 3.16. The predicted octanol–water partition coefficient (Wildman–Crippen LogP) is 4.59. The summed E-state index contributed by atoms with van der Waals surface area (Å²) in [7, 11) is 0. The smallest absolute Gasteiger partial charge is 0.145 e. The van der Waals surface area contributed by atoms with E-state index in [1.807, 2.05) is 4.57 Å². The molecule has 10 heteroatoms. The summed E-state index contributed by atoms with van der Waals surface area (Å²) in [5.41, 5.74) is 0.186. The highest BCUT2D eigenvalue weighted by Gasteiger charge is 2.24. The van der Waals surface area contributed by atoms with Crippen molar-refractivity contribution in [2.24, 2.45) is 0 Å². The number of rotatable bonds is 1. The second-order valence-electron chi connectivity index (χ2n) is 6.15. The first-order valence-corrected chi connectivity index (χ1v) is 9.45. The van der Waals surface area contributed by atoms with Gasteiger partial charge in [-0.15, -0.1) is 0 Å². The zero-order valence-corrected chi connectivity index (χ0v) is 17.2. The third kappa shape index (κ3) is 4.45. The van der Waals surface area contributed by atoms with E-state index in [1.165, 1.54) is 24.3 Å². The predicted molar refractivity (Wildman–Crippen MR) is 105 cm³/mol. The molecule has 0 N–H and O–H groups in total. The van der Waals surface area contributed by atoms with Crippen LogP contribution in [0.3, 0.4) is 0 Å². The van der Waals surface area contributed by atoms with E-state index >= 15 is 0 Å². The third-order valence-corrected chi connectivity index (χ3v) is 4.91. The van der Waals surface area contributed by atoms with Crippen LogP contribution in [0.1, 0.15) is 28.4 Å². The van der Waals surface area contributed by atoms with E-state index in [-0.39, 0.29) is 6.04 Å². The van der Waals surface area contributed by atoms with Crippen molar-refractivity contribution in [3.05, 3.63) is 86.0 Å². The Labute approximate surface area is 182 Å². The molecule has 0 aliphatic carbocycles. The maximum Gasteiger partial charge on any atom is 0.145 e. The lowest BCUT2D eigenvalue weighted by Gasteiger charge is -2.26. The molecule has 0 saturated carbocycles. The van der Waals surface area contributed by atoms with E-state index in [1.54, 1.807) is 35.1 Å². The summed E-state index contributed by atoms with van der Waals surface area (Å²) in [5.74, 6) is -3.33. The highest BCUT2D eigenvalue weighted by Crippen LogP contribution is 2.27. The van der Waals surface area contributed by atoms with E-state index in [0.717, 1.165) is 17.8 Å². The van der Waals surface area contributed by atoms with Crippen molar-refractivity contribution in [1.29, 1.82) is 10.5 Å². The number of aromatic nitrogens is 2. The van der Waals surface area contributed by atoms with Gasteiger partial charge in [0.25, 0.3) is 0 Å². The van der Waals surface area contributed by atoms with Crippen LogP contribution in [0.25, 0.3) is 0 Å². The first kappa shape index (κ1) is 21.7. The fraction of sp³-hybridized carbons (Fsp3) is 0.150. The monoisotopic (exact) mass is 526 g/mol. The maximum absolute atomic E-state index is 13.6. The molecule has 1 aromatic heterocycles. The Kier molecular flexibility index (Phi) is 6.70. The minimum Gasteiger partial charge on any atom is -0.373 e. The average molecular weight is 526 g/mol. The van der Waals surface area contributed by atoms with Crippen LogP contribution in [-0.4, -0.2) is 16.2 Å². The maximum atomic E-state index is 13.6. The SMILES string of the molecule is N#Cc1c(F)cc(C2COCc3cncn32)cc1F.N#Cc1c(F)cc(I)cc1F. The van der Waals surface area contributed by atoms with Crippen LogP contribution < -0.4 is 0 Å². The van der Waals surface area contributed by atoms with E-state index in [4.69, 9.17) is 15.3 Å². The number of hydrogen-bond donors (Lipinski definition) is 0. The van der Waals surface area contributed by atoms with Crippen LogP contribution in [0.2, 0.25) is 0 Å². The zero-order chi connectivity index (χ0) is 21.8. The van der Waals surface area contributed by atoms with Crippen molar-refractivity contribution in [2.45, 2.75) is 12.6 Å². The van der Waals surface area contributed by atoms with E-state index in [0.29, 0.717) is 22.3 Å². The van der Waals surface area contributed by atoms with Gasteiger partial charge in [-0.1, -0.05) is 0 Å². The number of imidazole rings is 1. The normalized spacial score (nSPS) is 14.7. The molecular weight excluding hydrogens is 515 g/mol. The lowest BCUT2D eigenvalue weighted by Crippen LogP contribution is -2.24. The molecule has 30 heavy (non-hydrogen) atoms. The van der Waals surface area contributed by atoms with Crippen molar-refractivity contribution in [1.82, 2.24) is 9.55 Å². The molecule has 0 spiro atoms. The van der Waals surface area contributed by atoms with Crippen molar-refractivity contribution in [3.8, 4) is 12.1 Å². The van der Waals surface area contributed by atoms with Crippen LogP contribution in [0, 0.1) is 49.5 Å². The molecule has 0 radical (unpaired) electrons. The molecule has 4 rings (SSSR count). The van der Waals surface area contributed by atoms with Crippen LogP contribution >= 0.6 is 22.6 Å². The molecule has 0 bridgehead atoms. The van der Waals surface area contributed by atoms with Crippen molar-refractivity contribution >= 4 is 22.6 Å².